The fourth-order valence-corrected chi connectivity index (χ4v) is 3.13. The Labute approximate surface area is 160 Å². The molecule has 0 spiro atoms. The van der Waals surface area contributed by atoms with Crippen LogP contribution in [0.4, 0.5) is 5.69 Å². The predicted molar refractivity (Wildman–Crippen MR) is 112 cm³/mol. The molecule has 5 heteroatoms. The molecule has 0 aliphatic rings. The maximum Gasteiger partial charge on any atom is 0.221 e. The van der Waals surface area contributed by atoms with E-state index >= 15 is 0 Å². The molecule has 140 valence electrons. The maximum absolute atomic E-state index is 11.2. The second-order valence-corrected chi connectivity index (χ2v) is 6.78. The highest BCUT2D eigenvalue weighted by Crippen LogP contribution is 2.26. The summed E-state index contributed by atoms with van der Waals surface area (Å²) in [6, 6.07) is 18.3. The Balaban J connectivity index is 1.95. The second-order valence-electron chi connectivity index (χ2n) is 6.78. The number of pyridine rings is 1. The van der Waals surface area contributed by atoms with E-state index in [9.17, 15) is 4.79 Å². The number of amides is 1. The molecule has 1 amide bonds. The third-order valence-electron chi connectivity index (χ3n) is 4.49. The van der Waals surface area contributed by atoms with Crippen LogP contribution < -0.4 is 10.6 Å². The number of fused-ring (bicyclic) bond motifs is 1. The van der Waals surface area contributed by atoms with Crippen molar-refractivity contribution in [1.29, 1.82) is 0 Å². The minimum Gasteiger partial charge on any atom is -0.326 e. The van der Waals surface area contributed by atoms with Gasteiger partial charge in [0.25, 0.3) is 0 Å². The van der Waals surface area contributed by atoms with Crippen LogP contribution in [0.15, 0.2) is 54.6 Å². The Hall–Kier alpha value is -2.76. The maximum atomic E-state index is 11.2. The average molecular weight is 362 g/mol. The Bertz CT molecular complexity index is 921. The van der Waals surface area contributed by atoms with Crippen molar-refractivity contribution in [2.24, 2.45) is 0 Å². The number of anilines is 1. The zero-order valence-corrected chi connectivity index (χ0v) is 16.1. The second kappa shape index (κ2) is 8.75. The Morgan fingerprint density at radius 1 is 1.11 bits per heavy atom. The van der Waals surface area contributed by atoms with Crippen molar-refractivity contribution < 1.29 is 4.79 Å². The van der Waals surface area contributed by atoms with Gasteiger partial charge in [-0.1, -0.05) is 30.3 Å². The molecule has 0 unspecified atom stereocenters. The van der Waals surface area contributed by atoms with Crippen LogP contribution >= 0.6 is 0 Å². The van der Waals surface area contributed by atoms with Crippen molar-refractivity contribution in [3.05, 3.63) is 60.2 Å². The largest absolute Gasteiger partial charge is 0.326 e. The molecule has 2 N–H and O–H groups in total. The summed E-state index contributed by atoms with van der Waals surface area (Å²) in [6.07, 6.45) is 0. The first-order chi connectivity index (χ1) is 13.1. The molecule has 1 aromatic heterocycles. The van der Waals surface area contributed by atoms with E-state index < -0.39 is 0 Å². The van der Waals surface area contributed by atoms with Crippen LogP contribution in [0, 0.1) is 0 Å². The highest BCUT2D eigenvalue weighted by atomic mass is 16.1. The standard InChI is InChI=1S/C22H26N4O/c1-16(27)24-19-10-8-17(9-11-19)22-14-18(15-26(3)13-12-23-2)20-6-4-5-7-21(20)25-22/h4-11,14,23H,12-13,15H2,1-3H3,(H,24,27). The van der Waals surface area contributed by atoms with Crippen LogP contribution in [0.5, 0.6) is 0 Å². The molecule has 0 radical (unpaired) electrons. The van der Waals surface area contributed by atoms with E-state index in [2.05, 4.69) is 46.8 Å². The smallest absolute Gasteiger partial charge is 0.221 e. The summed E-state index contributed by atoms with van der Waals surface area (Å²) in [6.45, 7) is 4.31. The van der Waals surface area contributed by atoms with E-state index in [0.717, 1.165) is 42.1 Å². The molecule has 0 aliphatic heterocycles. The summed E-state index contributed by atoms with van der Waals surface area (Å²) in [5.74, 6) is -0.0709. The molecule has 2 aromatic carbocycles. The van der Waals surface area contributed by atoms with Gasteiger partial charge in [-0.05, 0) is 43.9 Å². The molecule has 0 atom stereocenters. The van der Waals surface area contributed by atoms with Crippen LogP contribution in [0.1, 0.15) is 12.5 Å². The van der Waals surface area contributed by atoms with Gasteiger partial charge >= 0.3 is 0 Å². The van der Waals surface area contributed by atoms with Crippen LogP contribution in [-0.4, -0.2) is 43.0 Å². The van der Waals surface area contributed by atoms with E-state index in [1.165, 1.54) is 17.9 Å². The Morgan fingerprint density at radius 3 is 2.56 bits per heavy atom. The molecule has 0 bridgehead atoms. The van der Waals surface area contributed by atoms with E-state index in [1.54, 1.807) is 0 Å². The van der Waals surface area contributed by atoms with Gasteiger partial charge in [0.05, 0.1) is 11.2 Å². The molecule has 1 heterocycles. The molecule has 0 saturated carbocycles. The molecular formula is C22H26N4O. The summed E-state index contributed by atoms with van der Waals surface area (Å²) in [5, 5.41) is 7.18. The van der Waals surface area contributed by atoms with Gasteiger partial charge < -0.3 is 15.5 Å². The van der Waals surface area contributed by atoms with Crippen LogP contribution in [0.25, 0.3) is 22.2 Å². The van der Waals surface area contributed by atoms with Crippen molar-refractivity contribution in [2.45, 2.75) is 13.5 Å². The number of rotatable bonds is 7. The average Bonchev–Trinajstić information content (AvgIpc) is 2.66. The third-order valence-corrected chi connectivity index (χ3v) is 4.49. The normalized spacial score (nSPS) is 11.1. The Morgan fingerprint density at radius 2 is 1.85 bits per heavy atom. The van der Waals surface area contributed by atoms with Crippen molar-refractivity contribution in [3.63, 3.8) is 0 Å². The lowest BCUT2D eigenvalue weighted by Gasteiger charge is -2.18. The number of carbonyl (C=O) groups is 1. The van der Waals surface area contributed by atoms with Gasteiger partial charge in [-0.2, -0.15) is 0 Å². The molecule has 0 fully saturated rings. The number of para-hydroxylation sites is 1. The third kappa shape index (κ3) is 4.90. The van der Waals surface area contributed by atoms with E-state index in [-0.39, 0.29) is 5.91 Å². The highest BCUT2D eigenvalue weighted by molar-refractivity contribution is 5.89. The molecular weight excluding hydrogens is 336 g/mol. The number of likely N-dealkylation sites (N-methyl/N-ethyl adjacent to an activating group) is 2. The molecule has 0 saturated heterocycles. The van der Waals surface area contributed by atoms with Gasteiger partial charge in [-0.25, -0.2) is 4.98 Å². The number of hydrogen-bond acceptors (Lipinski definition) is 4. The van der Waals surface area contributed by atoms with E-state index in [4.69, 9.17) is 4.98 Å². The van der Waals surface area contributed by atoms with Gasteiger partial charge in [0, 0.05) is 43.2 Å². The SMILES string of the molecule is CNCCN(C)Cc1cc(-c2ccc(NC(C)=O)cc2)nc2ccccc12. The van der Waals surface area contributed by atoms with Crippen molar-refractivity contribution >= 4 is 22.5 Å². The molecule has 5 nitrogen and oxygen atoms in total. The summed E-state index contributed by atoms with van der Waals surface area (Å²) >= 11 is 0. The number of aromatic nitrogens is 1. The van der Waals surface area contributed by atoms with Gasteiger partial charge in [0.15, 0.2) is 0 Å². The van der Waals surface area contributed by atoms with Gasteiger partial charge in [-0.3, -0.25) is 4.79 Å². The lowest BCUT2D eigenvalue weighted by molar-refractivity contribution is -0.114. The fourth-order valence-electron chi connectivity index (χ4n) is 3.13. The van der Waals surface area contributed by atoms with Crippen LogP contribution in [0.3, 0.4) is 0 Å². The lowest BCUT2D eigenvalue weighted by Crippen LogP contribution is -2.27. The summed E-state index contributed by atoms with van der Waals surface area (Å²) in [4.78, 5) is 18.4. The number of nitrogens with one attached hydrogen (secondary N) is 2. The molecule has 3 aromatic rings. The van der Waals surface area contributed by atoms with Crippen LogP contribution in [-0.2, 0) is 11.3 Å². The summed E-state index contributed by atoms with van der Waals surface area (Å²) in [7, 11) is 4.10. The Kier molecular flexibility index (Phi) is 6.16. The summed E-state index contributed by atoms with van der Waals surface area (Å²) in [5.41, 5.74) is 5.03. The topological polar surface area (TPSA) is 57.3 Å². The fraction of sp³-hybridized carbons (Fsp3) is 0.273. The van der Waals surface area contributed by atoms with E-state index in [0.29, 0.717) is 0 Å². The van der Waals surface area contributed by atoms with Gasteiger partial charge in [0.1, 0.15) is 0 Å². The zero-order chi connectivity index (χ0) is 19.2. The summed E-state index contributed by atoms with van der Waals surface area (Å²) < 4.78 is 0. The van der Waals surface area contributed by atoms with Gasteiger partial charge in [-0.15, -0.1) is 0 Å². The minimum absolute atomic E-state index is 0.0709. The highest BCUT2D eigenvalue weighted by Gasteiger charge is 2.10. The number of hydrogen-bond donors (Lipinski definition) is 2. The molecule has 27 heavy (non-hydrogen) atoms. The van der Waals surface area contributed by atoms with Crippen molar-refractivity contribution in [3.8, 4) is 11.3 Å². The first-order valence-corrected chi connectivity index (χ1v) is 9.16. The number of nitrogens with zero attached hydrogens (tertiary/aromatic N) is 2. The first kappa shape index (κ1) is 19.0. The first-order valence-electron chi connectivity index (χ1n) is 9.16. The minimum atomic E-state index is -0.0709. The van der Waals surface area contributed by atoms with Crippen LogP contribution in [0.2, 0.25) is 0 Å². The lowest BCUT2D eigenvalue weighted by atomic mass is 10.0. The van der Waals surface area contributed by atoms with E-state index in [1.807, 2.05) is 37.4 Å². The zero-order valence-electron chi connectivity index (χ0n) is 16.1. The molecule has 0 aliphatic carbocycles. The van der Waals surface area contributed by atoms with Crippen molar-refractivity contribution in [1.82, 2.24) is 15.2 Å². The predicted octanol–water partition coefficient (Wildman–Crippen LogP) is 3.51. The quantitative estimate of drug-likeness (QED) is 0.675. The van der Waals surface area contributed by atoms with Crippen molar-refractivity contribution in [2.75, 3.05) is 32.5 Å². The van der Waals surface area contributed by atoms with Gasteiger partial charge in [0.2, 0.25) is 5.91 Å². The monoisotopic (exact) mass is 362 g/mol. The molecule has 3 rings (SSSR count). The number of carbonyl (C=O) groups excluding carboxylic acids is 1. The number of benzene rings is 2.